The van der Waals surface area contributed by atoms with Gasteiger partial charge < -0.3 is 10.4 Å². The third-order valence-electron chi connectivity index (χ3n) is 6.23. The number of aromatic nitrogens is 4. The second-order valence-electron chi connectivity index (χ2n) is 8.21. The summed E-state index contributed by atoms with van der Waals surface area (Å²) >= 11 is 0. The lowest BCUT2D eigenvalue weighted by Gasteiger charge is -2.08. The molecule has 0 unspecified atom stereocenters. The average Bonchev–Trinajstić information content (AvgIpc) is 3.36. The summed E-state index contributed by atoms with van der Waals surface area (Å²) in [5.74, 6) is 2.32. The van der Waals surface area contributed by atoms with E-state index in [1.54, 1.807) is 18.5 Å². The molecule has 1 aliphatic carbocycles. The molecule has 6 nitrogen and oxygen atoms in total. The molecule has 1 aliphatic heterocycles. The summed E-state index contributed by atoms with van der Waals surface area (Å²) in [5.41, 5.74) is 5.61. The summed E-state index contributed by atoms with van der Waals surface area (Å²) in [6, 6.07) is 9.60. The van der Waals surface area contributed by atoms with E-state index in [0.29, 0.717) is 17.1 Å². The van der Waals surface area contributed by atoms with Crippen LogP contribution in [0.3, 0.4) is 0 Å². The number of phenolic OH excluding ortho intramolecular Hbond substituents is 1. The maximum absolute atomic E-state index is 10.6. The van der Waals surface area contributed by atoms with E-state index in [1.807, 2.05) is 24.3 Å². The van der Waals surface area contributed by atoms with Gasteiger partial charge in [-0.15, -0.1) is 10.2 Å². The molecule has 30 heavy (non-hydrogen) atoms. The summed E-state index contributed by atoms with van der Waals surface area (Å²) < 4.78 is 0. The number of hydrogen-bond acceptors (Lipinski definition) is 6. The molecule has 1 aromatic carbocycles. The molecule has 1 saturated heterocycles. The molecular weight excluding hydrogens is 374 g/mol. The predicted molar refractivity (Wildman–Crippen MR) is 117 cm³/mol. The number of allylic oxidation sites excluding steroid dienone is 1. The zero-order valence-corrected chi connectivity index (χ0v) is 17.0. The quantitative estimate of drug-likeness (QED) is 0.693. The summed E-state index contributed by atoms with van der Waals surface area (Å²) in [5, 5.41) is 22.7. The Bertz CT molecular complexity index is 1080. The molecule has 0 bridgehead atoms. The fourth-order valence-corrected chi connectivity index (χ4v) is 4.57. The van der Waals surface area contributed by atoms with Crippen LogP contribution in [0.4, 0.5) is 0 Å². The Morgan fingerprint density at radius 3 is 2.53 bits per heavy atom. The zero-order valence-electron chi connectivity index (χ0n) is 17.0. The first-order valence-electron chi connectivity index (χ1n) is 10.6. The van der Waals surface area contributed by atoms with Crippen LogP contribution in [0.15, 0.2) is 48.3 Å². The van der Waals surface area contributed by atoms with Crippen molar-refractivity contribution in [1.82, 2.24) is 25.5 Å². The summed E-state index contributed by atoms with van der Waals surface area (Å²) in [6.45, 7) is 4.32. The fraction of sp³-hybridized carbons (Fsp3) is 0.333. The molecule has 3 heterocycles. The van der Waals surface area contributed by atoms with Crippen LogP contribution in [0, 0.1) is 11.8 Å². The van der Waals surface area contributed by atoms with Gasteiger partial charge >= 0.3 is 0 Å². The van der Waals surface area contributed by atoms with Crippen molar-refractivity contribution in [2.75, 3.05) is 13.1 Å². The third-order valence-corrected chi connectivity index (χ3v) is 6.23. The molecule has 1 saturated carbocycles. The lowest BCUT2D eigenvalue weighted by atomic mass is 10.0. The van der Waals surface area contributed by atoms with Crippen molar-refractivity contribution in [1.29, 1.82) is 0 Å². The number of benzene rings is 1. The van der Waals surface area contributed by atoms with Crippen LogP contribution >= 0.6 is 0 Å². The zero-order chi connectivity index (χ0) is 20.5. The Hall–Kier alpha value is -3.12. The molecule has 2 aliphatic rings. The van der Waals surface area contributed by atoms with E-state index in [1.165, 1.54) is 5.57 Å². The molecule has 2 fully saturated rings. The van der Waals surface area contributed by atoms with Crippen LogP contribution in [0.5, 0.6) is 5.75 Å². The lowest BCUT2D eigenvalue weighted by molar-refractivity contribution is 0.477. The highest BCUT2D eigenvalue weighted by Gasteiger charge is 2.34. The van der Waals surface area contributed by atoms with E-state index < -0.39 is 0 Å². The van der Waals surface area contributed by atoms with Gasteiger partial charge in [0.05, 0.1) is 6.20 Å². The van der Waals surface area contributed by atoms with E-state index in [9.17, 15) is 5.11 Å². The van der Waals surface area contributed by atoms with Crippen LogP contribution in [-0.4, -0.2) is 38.4 Å². The highest BCUT2D eigenvalue weighted by Crippen LogP contribution is 2.38. The second kappa shape index (κ2) is 7.95. The van der Waals surface area contributed by atoms with E-state index in [2.05, 4.69) is 38.5 Å². The molecule has 3 aromatic rings. The first-order chi connectivity index (χ1) is 14.7. The molecule has 0 radical (unpaired) electrons. The van der Waals surface area contributed by atoms with Crippen molar-refractivity contribution in [2.24, 2.45) is 11.8 Å². The van der Waals surface area contributed by atoms with Crippen molar-refractivity contribution in [3.05, 3.63) is 59.8 Å². The molecule has 2 N–H and O–H groups in total. The maximum Gasteiger partial charge on any atom is 0.174 e. The Kier molecular flexibility index (Phi) is 5.01. The van der Waals surface area contributed by atoms with Crippen LogP contribution in [0.25, 0.3) is 28.5 Å². The van der Waals surface area contributed by atoms with Crippen molar-refractivity contribution in [3.8, 4) is 28.1 Å². The van der Waals surface area contributed by atoms with E-state index in [4.69, 9.17) is 0 Å². The van der Waals surface area contributed by atoms with Gasteiger partial charge in [-0.1, -0.05) is 18.6 Å². The Labute approximate surface area is 176 Å². The van der Waals surface area contributed by atoms with Crippen molar-refractivity contribution < 1.29 is 5.11 Å². The van der Waals surface area contributed by atoms with Gasteiger partial charge in [0.1, 0.15) is 11.4 Å². The molecular formula is C24H25N5O. The molecule has 2 aromatic heterocycles. The van der Waals surface area contributed by atoms with Crippen LogP contribution in [-0.2, 0) is 6.42 Å². The van der Waals surface area contributed by atoms with Gasteiger partial charge in [0.15, 0.2) is 5.82 Å². The number of hydrogen-bond donors (Lipinski definition) is 2. The number of nitrogens with zero attached hydrogens (tertiary/aromatic N) is 4. The molecule has 0 spiro atoms. The van der Waals surface area contributed by atoms with Gasteiger partial charge in [-0.05, 0) is 85.7 Å². The molecule has 0 amide bonds. The average molecular weight is 399 g/mol. The first kappa shape index (κ1) is 18.9. The molecule has 5 rings (SSSR count). The smallest absolute Gasteiger partial charge is 0.174 e. The lowest BCUT2D eigenvalue weighted by Crippen LogP contribution is -2.09. The number of aryl methyl sites for hydroxylation is 1. The minimum atomic E-state index is 0.167. The van der Waals surface area contributed by atoms with Crippen molar-refractivity contribution in [3.63, 3.8) is 0 Å². The van der Waals surface area contributed by atoms with Crippen LogP contribution in [0.2, 0.25) is 0 Å². The maximum atomic E-state index is 10.6. The van der Waals surface area contributed by atoms with Gasteiger partial charge in [0.2, 0.25) is 0 Å². The monoisotopic (exact) mass is 399 g/mol. The van der Waals surface area contributed by atoms with E-state index in [0.717, 1.165) is 61.0 Å². The van der Waals surface area contributed by atoms with Gasteiger partial charge in [-0.25, -0.2) is 4.98 Å². The minimum Gasteiger partial charge on any atom is -0.507 e. The van der Waals surface area contributed by atoms with Gasteiger partial charge in [0.25, 0.3) is 0 Å². The minimum absolute atomic E-state index is 0.167. The summed E-state index contributed by atoms with van der Waals surface area (Å²) in [7, 11) is 0. The number of aromatic hydroxyl groups is 1. The fourth-order valence-electron chi connectivity index (χ4n) is 4.57. The standard InChI is InChI=1S/C24H25N5O/c1-2-20-10-17(5-6-26-20)16-3-4-21(23(30)11-16)22-14-27-24(29-28-22)9-15-7-18-12-25-13-19(18)8-15/h3-6,9-11,14,18-19,25,30H,2,7-8,12-13H2,1H3/t18-,19+. The van der Waals surface area contributed by atoms with Gasteiger partial charge in [0, 0.05) is 17.5 Å². The highest BCUT2D eigenvalue weighted by atomic mass is 16.3. The van der Waals surface area contributed by atoms with Crippen LogP contribution < -0.4 is 5.32 Å². The van der Waals surface area contributed by atoms with E-state index >= 15 is 0 Å². The van der Waals surface area contributed by atoms with Crippen LogP contribution in [0.1, 0.15) is 31.3 Å². The Morgan fingerprint density at radius 2 is 1.83 bits per heavy atom. The number of nitrogens with one attached hydrogen (secondary N) is 1. The number of fused-ring (bicyclic) bond motifs is 1. The van der Waals surface area contributed by atoms with Gasteiger partial charge in [-0.2, -0.15) is 0 Å². The number of phenols is 1. The molecule has 2 atom stereocenters. The second-order valence-corrected chi connectivity index (χ2v) is 8.21. The Balaban J connectivity index is 1.35. The normalized spacial score (nSPS) is 21.8. The van der Waals surface area contributed by atoms with E-state index in [-0.39, 0.29) is 5.75 Å². The topological polar surface area (TPSA) is 83.8 Å². The highest BCUT2D eigenvalue weighted by molar-refractivity contribution is 5.74. The molecule has 6 heteroatoms. The largest absolute Gasteiger partial charge is 0.507 e. The van der Waals surface area contributed by atoms with Crippen molar-refractivity contribution in [2.45, 2.75) is 26.2 Å². The predicted octanol–water partition coefficient (Wildman–Crippen LogP) is 3.88. The summed E-state index contributed by atoms with van der Waals surface area (Å²) in [4.78, 5) is 8.81. The number of pyridine rings is 1. The molecule has 152 valence electrons. The number of rotatable bonds is 4. The summed E-state index contributed by atoms with van der Waals surface area (Å²) in [6.07, 6.45) is 8.69. The van der Waals surface area contributed by atoms with Crippen molar-refractivity contribution >= 4 is 6.08 Å². The SMILES string of the molecule is CCc1cc(-c2ccc(-c3cnc(C=C4C[C@H]5CNC[C@H]5C4)nn3)c(O)c2)ccn1. The Morgan fingerprint density at radius 1 is 1.03 bits per heavy atom. The van der Waals surface area contributed by atoms with Gasteiger partial charge in [-0.3, -0.25) is 4.98 Å². The first-order valence-corrected chi connectivity index (χ1v) is 10.6. The third kappa shape index (κ3) is 3.71.